The molecule has 13 heavy (non-hydrogen) atoms. The topological polar surface area (TPSA) is 12.0 Å². The van der Waals surface area contributed by atoms with E-state index >= 15 is 0 Å². The lowest BCUT2D eigenvalue weighted by Crippen LogP contribution is -2.22. The number of nitrogens with one attached hydrogen (secondary N) is 1. The van der Waals surface area contributed by atoms with Crippen molar-refractivity contribution in [2.75, 3.05) is 7.05 Å². The molecule has 1 nitrogen and oxygen atoms in total. The summed E-state index contributed by atoms with van der Waals surface area (Å²) in [6.45, 7) is 6.66. The molecule has 0 spiro atoms. The molecule has 0 aromatic heterocycles. The van der Waals surface area contributed by atoms with Crippen molar-refractivity contribution in [1.29, 1.82) is 0 Å². The molecule has 1 N–H and O–H groups in total. The molecule has 0 aliphatic rings. The molecule has 0 radical (unpaired) electrons. The Labute approximate surface area is 81.2 Å². The van der Waals surface area contributed by atoms with E-state index in [-0.39, 0.29) is 0 Å². The standard InChI is InChI=1S/C12H19N/c1-9(2)12(13-4)11-8-6-5-7-10(11)3/h5-9,12-13H,1-4H3/t12-/m1/s1. The van der Waals surface area contributed by atoms with E-state index in [1.807, 2.05) is 7.05 Å². The third-order valence-corrected chi connectivity index (χ3v) is 2.50. The van der Waals surface area contributed by atoms with Crippen LogP contribution in [0.2, 0.25) is 0 Å². The van der Waals surface area contributed by atoms with Crippen molar-refractivity contribution in [3.05, 3.63) is 35.4 Å². The van der Waals surface area contributed by atoms with E-state index in [4.69, 9.17) is 0 Å². The van der Waals surface area contributed by atoms with Gasteiger partial charge in [-0.05, 0) is 31.0 Å². The van der Waals surface area contributed by atoms with Crippen molar-refractivity contribution in [3.63, 3.8) is 0 Å². The van der Waals surface area contributed by atoms with E-state index in [2.05, 4.69) is 50.4 Å². The predicted octanol–water partition coefficient (Wildman–Crippen LogP) is 2.91. The lowest BCUT2D eigenvalue weighted by molar-refractivity contribution is 0.441. The zero-order chi connectivity index (χ0) is 9.84. The Morgan fingerprint density at radius 1 is 1.15 bits per heavy atom. The molecule has 1 rings (SSSR count). The van der Waals surface area contributed by atoms with Crippen LogP contribution in [0.25, 0.3) is 0 Å². The van der Waals surface area contributed by atoms with Crippen LogP contribution in [-0.2, 0) is 0 Å². The molecule has 0 heterocycles. The second-order valence-corrected chi connectivity index (χ2v) is 3.87. The molecule has 0 aliphatic heterocycles. The Morgan fingerprint density at radius 3 is 2.23 bits per heavy atom. The van der Waals surface area contributed by atoms with Gasteiger partial charge in [-0.25, -0.2) is 0 Å². The summed E-state index contributed by atoms with van der Waals surface area (Å²) in [5.41, 5.74) is 2.79. The first-order chi connectivity index (χ1) is 6.16. The summed E-state index contributed by atoms with van der Waals surface area (Å²) in [4.78, 5) is 0. The van der Waals surface area contributed by atoms with E-state index in [0.29, 0.717) is 12.0 Å². The zero-order valence-electron chi connectivity index (χ0n) is 8.96. The molecule has 0 aliphatic carbocycles. The molecule has 0 saturated heterocycles. The van der Waals surface area contributed by atoms with Crippen LogP contribution in [0.3, 0.4) is 0 Å². The van der Waals surface area contributed by atoms with Crippen LogP contribution in [-0.4, -0.2) is 7.05 Å². The first-order valence-corrected chi connectivity index (χ1v) is 4.89. The number of benzene rings is 1. The summed E-state index contributed by atoms with van der Waals surface area (Å²) in [6, 6.07) is 9.04. The van der Waals surface area contributed by atoms with E-state index in [1.54, 1.807) is 0 Å². The Kier molecular flexibility index (Phi) is 3.49. The van der Waals surface area contributed by atoms with Gasteiger partial charge in [-0.1, -0.05) is 38.1 Å². The Morgan fingerprint density at radius 2 is 1.77 bits per heavy atom. The molecule has 0 bridgehead atoms. The van der Waals surface area contributed by atoms with Crippen molar-refractivity contribution < 1.29 is 0 Å². The highest BCUT2D eigenvalue weighted by Crippen LogP contribution is 2.23. The maximum atomic E-state index is 3.36. The predicted molar refractivity (Wildman–Crippen MR) is 57.8 cm³/mol. The van der Waals surface area contributed by atoms with Gasteiger partial charge in [0.05, 0.1) is 0 Å². The quantitative estimate of drug-likeness (QED) is 0.748. The summed E-state index contributed by atoms with van der Waals surface area (Å²) in [5, 5.41) is 3.36. The number of hydrogen-bond acceptors (Lipinski definition) is 1. The van der Waals surface area contributed by atoms with Gasteiger partial charge in [-0.3, -0.25) is 0 Å². The SMILES string of the molecule is CN[C@@H](c1ccccc1C)C(C)C. The fourth-order valence-electron chi connectivity index (χ4n) is 1.78. The van der Waals surface area contributed by atoms with Crippen LogP contribution in [0.1, 0.15) is 31.0 Å². The summed E-state index contributed by atoms with van der Waals surface area (Å²) >= 11 is 0. The van der Waals surface area contributed by atoms with Gasteiger partial charge in [0.15, 0.2) is 0 Å². The van der Waals surface area contributed by atoms with Gasteiger partial charge < -0.3 is 5.32 Å². The van der Waals surface area contributed by atoms with Gasteiger partial charge >= 0.3 is 0 Å². The Bertz CT molecular complexity index is 266. The van der Waals surface area contributed by atoms with Crippen molar-refractivity contribution in [1.82, 2.24) is 5.32 Å². The monoisotopic (exact) mass is 177 g/mol. The minimum atomic E-state index is 0.473. The molecule has 1 aromatic carbocycles. The van der Waals surface area contributed by atoms with E-state index in [9.17, 15) is 0 Å². The van der Waals surface area contributed by atoms with Gasteiger partial charge in [0.25, 0.3) is 0 Å². The van der Waals surface area contributed by atoms with Crippen molar-refractivity contribution >= 4 is 0 Å². The molecular formula is C12H19N. The van der Waals surface area contributed by atoms with E-state index in [0.717, 1.165) is 0 Å². The molecule has 1 heteroatoms. The summed E-state index contributed by atoms with van der Waals surface area (Å²) in [7, 11) is 2.02. The third kappa shape index (κ3) is 2.31. The molecular weight excluding hydrogens is 158 g/mol. The maximum absolute atomic E-state index is 3.36. The fourth-order valence-corrected chi connectivity index (χ4v) is 1.78. The van der Waals surface area contributed by atoms with Gasteiger partial charge in [-0.2, -0.15) is 0 Å². The molecule has 0 unspecified atom stereocenters. The van der Waals surface area contributed by atoms with Crippen molar-refractivity contribution in [2.24, 2.45) is 5.92 Å². The zero-order valence-corrected chi connectivity index (χ0v) is 8.96. The van der Waals surface area contributed by atoms with Crippen LogP contribution in [0.15, 0.2) is 24.3 Å². The molecule has 0 amide bonds. The van der Waals surface area contributed by atoms with Gasteiger partial charge in [-0.15, -0.1) is 0 Å². The van der Waals surface area contributed by atoms with E-state index < -0.39 is 0 Å². The second kappa shape index (κ2) is 4.43. The van der Waals surface area contributed by atoms with Crippen molar-refractivity contribution in [3.8, 4) is 0 Å². The first-order valence-electron chi connectivity index (χ1n) is 4.89. The van der Waals surface area contributed by atoms with Gasteiger partial charge in [0.1, 0.15) is 0 Å². The largest absolute Gasteiger partial charge is 0.313 e. The van der Waals surface area contributed by atoms with Crippen LogP contribution in [0, 0.1) is 12.8 Å². The third-order valence-electron chi connectivity index (χ3n) is 2.50. The summed E-state index contributed by atoms with van der Waals surface area (Å²) in [5.74, 6) is 0.631. The number of rotatable bonds is 3. The average molecular weight is 177 g/mol. The smallest absolute Gasteiger partial charge is 0.0343 e. The molecule has 1 atom stereocenters. The average Bonchev–Trinajstić information content (AvgIpc) is 2.09. The molecule has 0 fully saturated rings. The van der Waals surface area contributed by atoms with Gasteiger partial charge in [0.2, 0.25) is 0 Å². The summed E-state index contributed by atoms with van der Waals surface area (Å²) in [6.07, 6.45) is 0. The van der Waals surface area contributed by atoms with Crippen LogP contribution >= 0.6 is 0 Å². The highest BCUT2D eigenvalue weighted by atomic mass is 14.9. The van der Waals surface area contributed by atoms with Crippen molar-refractivity contribution in [2.45, 2.75) is 26.8 Å². The highest BCUT2D eigenvalue weighted by molar-refractivity contribution is 5.28. The molecule has 72 valence electrons. The minimum absolute atomic E-state index is 0.473. The maximum Gasteiger partial charge on any atom is 0.0343 e. The van der Waals surface area contributed by atoms with Crippen LogP contribution < -0.4 is 5.32 Å². The lowest BCUT2D eigenvalue weighted by Gasteiger charge is -2.22. The second-order valence-electron chi connectivity index (χ2n) is 3.87. The van der Waals surface area contributed by atoms with Crippen LogP contribution in [0.5, 0.6) is 0 Å². The number of aryl methyl sites for hydroxylation is 1. The summed E-state index contributed by atoms with van der Waals surface area (Å²) < 4.78 is 0. The fraction of sp³-hybridized carbons (Fsp3) is 0.500. The Balaban J connectivity index is 2.97. The number of hydrogen-bond donors (Lipinski definition) is 1. The normalized spacial score (nSPS) is 13.3. The highest BCUT2D eigenvalue weighted by Gasteiger charge is 2.14. The first kappa shape index (κ1) is 10.3. The molecule has 1 aromatic rings. The van der Waals surface area contributed by atoms with Gasteiger partial charge in [0, 0.05) is 6.04 Å². The van der Waals surface area contributed by atoms with E-state index in [1.165, 1.54) is 11.1 Å². The minimum Gasteiger partial charge on any atom is -0.313 e. The lowest BCUT2D eigenvalue weighted by atomic mass is 9.93. The van der Waals surface area contributed by atoms with Crippen LogP contribution in [0.4, 0.5) is 0 Å². The Hall–Kier alpha value is -0.820. The molecule has 0 saturated carbocycles.